The molecule has 0 bridgehead atoms. The van der Waals surface area contributed by atoms with Crippen molar-refractivity contribution in [2.45, 2.75) is 0 Å². The Morgan fingerprint density at radius 2 is 1.96 bits per heavy atom. The van der Waals surface area contributed by atoms with E-state index in [4.69, 9.17) is 4.74 Å². The molecule has 0 aliphatic rings. The van der Waals surface area contributed by atoms with Gasteiger partial charge in [-0.05, 0) is 12.1 Å². The zero-order valence-electron chi connectivity index (χ0n) is 14.6. The number of ether oxygens (including phenoxy) is 1. The molecule has 136 valence electrons. The summed E-state index contributed by atoms with van der Waals surface area (Å²) in [5.41, 5.74) is 2.63. The number of fused-ring (bicyclic) bond motifs is 1. The molecule has 9 heteroatoms. The maximum atomic E-state index is 12.5. The van der Waals surface area contributed by atoms with Gasteiger partial charge in [0.05, 0.1) is 24.0 Å². The van der Waals surface area contributed by atoms with Crippen LogP contribution in [0.5, 0.6) is 0 Å². The van der Waals surface area contributed by atoms with E-state index >= 15 is 0 Å². The number of nitrogens with zero attached hydrogens (tertiary/aromatic N) is 5. The molecule has 0 aliphatic carbocycles. The van der Waals surface area contributed by atoms with Crippen LogP contribution in [0.1, 0.15) is 0 Å². The van der Waals surface area contributed by atoms with Gasteiger partial charge in [-0.2, -0.15) is 0 Å². The number of nitrogens with one attached hydrogen (secondary N) is 2. The molecule has 0 spiro atoms. The first kappa shape index (κ1) is 16.9. The molecule has 2 N–H and O–H groups in total. The summed E-state index contributed by atoms with van der Waals surface area (Å²) in [7, 11) is 1.63. The number of rotatable bonds is 6. The van der Waals surface area contributed by atoms with Crippen molar-refractivity contribution < 1.29 is 4.74 Å². The van der Waals surface area contributed by atoms with Crippen LogP contribution >= 0.6 is 0 Å². The van der Waals surface area contributed by atoms with Crippen LogP contribution in [0.3, 0.4) is 0 Å². The first-order valence-electron chi connectivity index (χ1n) is 8.32. The molecule has 4 aromatic rings. The number of hydrogen-bond acceptors (Lipinski definition) is 7. The molecule has 0 radical (unpaired) electrons. The van der Waals surface area contributed by atoms with Crippen molar-refractivity contribution in [3.63, 3.8) is 0 Å². The van der Waals surface area contributed by atoms with Gasteiger partial charge in [-0.3, -0.25) is 9.78 Å². The van der Waals surface area contributed by atoms with Gasteiger partial charge < -0.3 is 19.6 Å². The van der Waals surface area contributed by atoms with Crippen molar-refractivity contribution in [2.24, 2.45) is 0 Å². The fourth-order valence-electron chi connectivity index (χ4n) is 2.81. The lowest BCUT2D eigenvalue weighted by Gasteiger charge is -2.04. The Morgan fingerprint density at radius 3 is 2.70 bits per heavy atom. The van der Waals surface area contributed by atoms with Crippen molar-refractivity contribution >= 4 is 17.0 Å². The normalized spacial score (nSPS) is 11.0. The minimum atomic E-state index is -0.217. The molecule has 4 aromatic heterocycles. The molecule has 0 unspecified atom stereocenters. The fourth-order valence-corrected chi connectivity index (χ4v) is 2.81. The van der Waals surface area contributed by atoms with Gasteiger partial charge in [0, 0.05) is 55.8 Å². The Hall–Kier alpha value is -3.59. The average molecular weight is 363 g/mol. The molecule has 4 heterocycles. The zero-order valence-corrected chi connectivity index (χ0v) is 14.6. The minimum absolute atomic E-state index is 0.217. The molecular formula is C18H17N7O2. The van der Waals surface area contributed by atoms with E-state index in [9.17, 15) is 4.79 Å². The van der Waals surface area contributed by atoms with Crippen molar-refractivity contribution in [1.82, 2.24) is 29.5 Å². The SMILES string of the molecule is COCCNc1ncc(-c2cn(-c3ccncc3)c3nc[nH]c(=O)c23)cn1. The highest BCUT2D eigenvalue weighted by atomic mass is 16.5. The summed E-state index contributed by atoms with van der Waals surface area (Å²) in [5, 5.41) is 3.55. The van der Waals surface area contributed by atoms with Gasteiger partial charge in [0.2, 0.25) is 5.95 Å². The van der Waals surface area contributed by atoms with Crippen molar-refractivity contribution in [3.8, 4) is 16.8 Å². The molecule has 0 fully saturated rings. The first-order chi connectivity index (χ1) is 13.3. The minimum Gasteiger partial charge on any atom is -0.383 e. The van der Waals surface area contributed by atoms with Gasteiger partial charge in [0.1, 0.15) is 0 Å². The van der Waals surface area contributed by atoms with E-state index in [2.05, 4.69) is 30.2 Å². The summed E-state index contributed by atoms with van der Waals surface area (Å²) in [6.07, 6.45) is 10.0. The summed E-state index contributed by atoms with van der Waals surface area (Å²) in [6.45, 7) is 1.17. The Balaban J connectivity index is 1.79. The third-order valence-electron chi connectivity index (χ3n) is 4.08. The van der Waals surface area contributed by atoms with Crippen molar-refractivity contribution in [2.75, 3.05) is 25.6 Å². The number of aromatic nitrogens is 6. The Labute approximate surface area is 154 Å². The predicted octanol–water partition coefficient (Wildman–Crippen LogP) is 1.62. The zero-order chi connectivity index (χ0) is 18.6. The molecule has 27 heavy (non-hydrogen) atoms. The van der Waals surface area contributed by atoms with E-state index in [1.54, 1.807) is 31.9 Å². The van der Waals surface area contributed by atoms with Gasteiger partial charge >= 0.3 is 0 Å². The van der Waals surface area contributed by atoms with E-state index in [0.717, 1.165) is 11.3 Å². The summed E-state index contributed by atoms with van der Waals surface area (Å²) < 4.78 is 6.85. The van der Waals surface area contributed by atoms with E-state index in [1.165, 1.54) is 6.33 Å². The number of hydrogen-bond donors (Lipinski definition) is 2. The third-order valence-corrected chi connectivity index (χ3v) is 4.08. The summed E-state index contributed by atoms with van der Waals surface area (Å²) in [6, 6.07) is 3.71. The number of anilines is 1. The number of methoxy groups -OCH3 is 1. The van der Waals surface area contributed by atoms with Gasteiger partial charge in [-0.15, -0.1) is 0 Å². The molecule has 0 atom stereocenters. The van der Waals surface area contributed by atoms with Gasteiger partial charge in [0.25, 0.3) is 5.56 Å². The first-order valence-corrected chi connectivity index (χ1v) is 8.32. The van der Waals surface area contributed by atoms with E-state index < -0.39 is 0 Å². The van der Waals surface area contributed by atoms with E-state index in [-0.39, 0.29) is 5.56 Å². The molecule has 0 aliphatic heterocycles. The standard InChI is InChI=1S/C18H17N7O2/c1-27-7-6-20-18-21-8-12(9-22-18)14-10-25(13-2-4-19-5-3-13)16-15(14)17(26)24-11-23-16/h2-5,8-11H,6-7H2,1H3,(H,20,21,22)(H,23,24,26). The second kappa shape index (κ2) is 7.34. The van der Waals surface area contributed by atoms with E-state index in [0.29, 0.717) is 35.7 Å². The fraction of sp³-hybridized carbons (Fsp3) is 0.167. The summed E-state index contributed by atoms with van der Waals surface area (Å²) >= 11 is 0. The van der Waals surface area contributed by atoms with Crippen LogP contribution in [0.25, 0.3) is 27.8 Å². The lowest BCUT2D eigenvalue weighted by Crippen LogP contribution is -2.10. The van der Waals surface area contributed by atoms with Gasteiger partial charge in [0.15, 0.2) is 5.65 Å². The second-order valence-electron chi connectivity index (χ2n) is 5.76. The third kappa shape index (κ3) is 3.27. The van der Waals surface area contributed by atoms with Crippen molar-refractivity contribution in [3.05, 3.63) is 59.8 Å². The van der Waals surface area contributed by atoms with Crippen molar-refractivity contribution in [1.29, 1.82) is 0 Å². The van der Waals surface area contributed by atoms with Crippen LogP contribution < -0.4 is 10.9 Å². The molecule has 0 amide bonds. The monoisotopic (exact) mass is 363 g/mol. The highest BCUT2D eigenvalue weighted by Gasteiger charge is 2.16. The number of aromatic amines is 1. The average Bonchev–Trinajstić information content (AvgIpc) is 3.10. The quantitative estimate of drug-likeness (QED) is 0.501. The predicted molar refractivity (Wildman–Crippen MR) is 101 cm³/mol. The van der Waals surface area contributed by atoms with Crippen LogP contribution in [0.4, 0.5) is 5.95 Å². The lowest BCUT2D eigenvalue weighted by atomic mass is 10.1. The van der Waals surface area contributed by atoms with Gasteiger partial charge in [-0.1, -0.05) is 0 Å². The second-order valence-corrected chi connectivity index (χ2v) is 5.76. The van der Waals surface area contributed by atoms with Crippen LogP contribution in [-0.2, 0) is 4.74 Å². The Morgan fingerprint density at radius 1 is 1.19 bits per heavy atom. The van der Waals surface area contributed by atoms with Gasteiger partial charge in [-0.25, -0.2) is 15.0 Å². The molecule has 0 saturated heterocycles. The maximum absolute atomic E-state index is 12.5. The largest absolute Gasteiger partial charge is 0.383 e. The molecular weight excluding hydrogens is 346 g/mol. The van der Waals surface area contributed by atoms with E-state index in [1.807, 2.05) is 22.9 Å². The number of pyridine rings is 1. The maximum Gasteiger partial charge on any atom is 0.260 e. The topological polar surface area (TPSA) is 111 Å². The van der Waals surface area contributed by atoms with Crippen LogP contribution in [0.15, 0.2) is 54.2 Å². The molecule has 0 saturated carbocycles. The van der Waals surface area contributed by atoms with Crippen LogP contribution in [0.2, 0.25) is 0 Å². The van der Waals surface area contributed by atoms with Crippen LogP contribution in [0, 0.1) is 0 Å². The molecule has 0 aromatic carbocycles. The highest BCUT2D eigenvalue weighted by molar-refractivity contribution is 5.94. The summed E-state index contributed by atoms with van der Waals surface area (Å²) in [4.78, 5) is 32.1. The Kier molecular flexibility index (Phi) is 4.58. The summed E-state index contributed by atoms with van der Waals surface area (Å²) in [5.74, 6) is 0.501. The Bertz CT molecular complexity index is 1100. The smallest absolute Gasteiger partial charge is 0.260 e. The van der Waals surface area contributed by atoms with Crippen LogP contribution in [-0.4, -0.2) is 49.7 Å². The number of H-pyrrole nitrogens is 1. The molecule has 4 rings (SSSR count). The molecule has 9 nitrogen and oxygen atoms in total. The lowest BCUT2D eigenvalue weighted by molar-refractivity contribution is 0.210. The highest BCUT2D eigenvalue weighted by Crippen LogP contribution is 2.28.